The van der Waals surface area contributed by atoms with E-state index >= 15 is 0 Å². The molecule has 7 heteroatoms. The fourth-order valence-corrected chi connectivity index (χ4v) is 2.18. The quantitative estimate of drug-likeness (QED) is 0.874. The lowest BCUT2D eigenvalue weighted by Crippen LogP contribution is -2.14. The minimum Gasteiger partial charge on any atom is -0.454 e. The van der Waals surface area contributed by atoms with E-state index in [4.69, 9.17) is 9.47 Å². The SMILES string of the molecule is CCn1cc(C(=O)Nc2cc3c(cc2C(C)=O)OCO3)cn1. The second-order valence-electron chi connectivity index (χ2n) is 4.85. The maximum atomic E-state index is 12.3. The van der Waals surface area contributed by atoms with Crippen LogP contribution in [0.1, 0.15) is 34.6 Å². The van der Waals surface area contributed by atoms with Crippen LogP contribution >= 0.6 is 0 Å². The van der Waals surface area contributed by atoms with Crippen LogP contribution in [0, 0.1) is 0 Å². The van der Waals surface area contributed by atoms with Crippen molar-refractivity contribution in [1.82, 2.24) is 9.78 Å². The molecule has 1 aliphatic heterocycles. The molecule has 22 heavy (non-hydrogen) atoms. The van der Waals surface area contributed by atoms with Crippen molar-refractivity contribution in [2.45, 2.75) is 20.4 Å². The summed E-state index contributed by atoms with van der Waals surface area (Å²) in [5, 5.41) is 6.78. The maximum Gasteiger partial charge on any atom is 0.258 e. The Morgan fingerprint density at radius 1 is 1.32 bits per heavy atom. The summed E-state index contributed by atoms with van der Waals surface area (Å²) in [6.45, 7) is 4.14. The van der Waals surface area contributed by atoms with Crippen LogP contribution in [0.5, 0.6) is 11.5 Å². The van der Waals surface area contributed by atoms with Gasteiger partial charge in [-0.1, -0.05) is 0 Å². The average Bonchev–Trinajstić information content (AvgIpc) is 3.14. The number of carbonyl (C=O) groups excluding carboxylic acids is 2. The summed E-state index contributed by atoms with van der Waals surface area (Å²) < 4.78 is 12.2. The number of amides is 1. The van der Waals surface area contributed by atoms with E-state index in [-0.39, 0.29) is 18.5 Å². The maximum absolute atomic E-state index is 12.3. The molecule has 1 aromatic heterocycles. The molecule has 0 saturated carbocycles. The van der Waals surface area contributed by atoms with Crippen LogP contribution in [0.25, 0.3) is 0 Å². The predicted molar refractivity (Wildman–Crippen MR) is 78.4 cm³/mol. The van der Waals surface area contributed by atoms with Crippen molar-refractivity contribution in [3.05, 3.63) is 35.7 Å². The third kappa shape index (κ3) is 2.52. The first-order chi connectivity index (χ1) is 10.6. The van der Waals surface area contributed by atoms with Gasteiger partial charge in [-0.3, -0.25) is 14.3 Å². The Morgan fingerprint density at radius 3 is 2.68 bits per heavy atom. The van der Waals surface area contributed by atoms with E-state index in [1.54, 1.807) is 23.0 Å². The molecule has 2 heterocycles. The number of carbonyl (C=O) groups is 2. The second kappa shape index (κ2) is 5.51. The molecule has 1 amide bonds. The summed E-state index contributed by atoms with van der Waals surface area (Å²) in [6.07, 6.45) is 3.13. The largest absolute Gasteiger partial charge is 0.454 e. The number of aryl methyl sites for hydroxylation is 1. The molecule has 2 aromatic rings. The van der Waals surface area contributed by atoms with Gasteiger partial charge in [0.25, 0.3) is 5.91 Å². The average molecular weight is 301 g/mol. The van der Waals surface area contributed by atoms with Gasteiger partial charge in [0.2, 0.25) is 6.79 Å². The molecule has 0 fully saturated rings. The lowest BCUT2D eigenvalue weighted by molar-refractivity contribution is 0.101. The van der Waals surface area contributed by atoms with Crippen LogP contribution in [0.3, 0.4) is 0 Å². The Bertz CT molecular complexity index is 751. The topological polar surface area (TPSA) is 82.5 Å². The smallest absolute Gasteiger partial charge is 0.258 e. The van der Waals surface area contributed by atoms with Crippen molar-refractivity contribution in [2.75, 3.05) is 12.1 Å². The Balaban J connectivity index is 1.90. The first-order valence-corrected chi connectivity index (χ1v) is 6.87. The Kier molecular flexibility index (Phi) is 3.54. The molecule has 0 aliphatic carbocycles. The van der Waals surface area contributed by atoms with Crippen molar-refractivity contribution in [2.24, 2.45) is 0 Å². The van der Waals surface area contributed by atoms with Crippen LogP contribution < -0.4 is 14.8 Å². The fraction of sp³-hybridized carbons (Fsp3) is 0.267. The number of rotatable bonds is 4. The third-order valence-electron chi connectivity index (χ3n) is 3.36. The highest BCUT2D eigenvalue weighted by Gasteiger charge is 2.21. The van der Waals surface area contributed by atoms with Crippen LogP contribution in [-0.2, 0) is 6.54 Å². The zero-order valence-corrected chi connectivity index (χ0v) is 12.3. The minimum atomic E-state index is -0.332. The van der Waals surface area contributed by atoms with Crippen molar-refractivity contribution in [1.29, 1.82) is 0 Å². The highest BCUT2D eigenvalue weighted by Crippen LogP contribution is 2.37. The molecular weight excluding hydrogens is 286 g/mol. The molecule has 1 aromatic carbocycles. The van der Waals surface area contributed by atoms with E-state index in [2.05, 4.69) is 10.4 Å². The number of anilines is 1. The number of ketones is 1. The summed E-state index contributed by atoms with van der Waals surface area (Å²) >= 11 is 0. The molecule has 0 unspecified atom stereocenters. The number of hydrogen-bond acceptors (Lipinski definition) is 5. The predicted octanol–water partition coefficient (Wildman–Crippen LogP) is 2.09. The fourth-order valence-electron chi connectivity index (χ4n) is 2.18. The van der Waals surface area contributed by atoms with Crippen LogP contribution in [-0.4, -0.2) is 28.3 Å². The molecule has 114 valence electrons. The molecule has 0 saturated heterocycles. The van der Waals surface area contributed by atoms with Gasteiger partial charge in [0.15, 0.2) is 17.3 Å². The molecule has 7 nitrogen and oxygen atoms in total. The van der Waals surface area contributed by atoms with Gasteiger partial charge in [-0.25, -0.2) is 0 Å². The van der Waals surface area contributed by atoms with Gasteiger partial charge < -0.3 is 14.8 Å². The van der Waals surface area contributed by atoms with Crippen LogP contribution in [0.15, 0.2) is 24.5 Å². The lowest BCUT2D eigenvalue weighted by atomic mass is 10.1. The normalized spacial score (nSPS) is 12.3. The van der Waals surface area contributed by atoms with Crippen molar-refractivity contribution in [3.8, 4) is 11.5 Å². The summed E-state index contributed by atoms with van der Waals surface area (Å²) in [6, 6.07) is 3.18. The lowest BCUT2D eigenvalue weighted by Gasteiger charge is -2.09. The van der Waals surface area contributed by atoms with E-state index in [0.29, 0.717) is 34.9 Å². The molecule has 0 spiro atoms. The Hall–Kier alpha value is -2.83. The van der Waals surface area contributed by atoms with Crippen molar-refractivity contribution in [3.63, 3.8) is 0 Å². The van der Waals surface area contributed by atoms with E-state index in [1.165, 1.54) is 13.1 Å². The van der Waals surface area contributed by atoms with E-state index in [1.807, 2.05) is 6.92 Å². The van der Waals surface area contributed by atoms with Gasteiger partial charge in [-0.2, -0.15) is 5.10 Å². The Labute approximate surface area is 126 Å². The second-order valence-corrected chi connectivity index (χ2v) is 4.85. The molecule has 1 aliphatic rings. The van der Waals surface area contributed by atoms with Gasteiger partial charge in [0, 0.05) is 24.4 Å². The number of aromatic nitrogens is 2. The number of nitrogens with one attached hydrogen (secondary N) is 1. The van der Waals surface area contributed by atoms with Gasteiger partial charge in [-0.05, 0) is 19.9 Å². The first kappa shape index (κ1) is 14.1. The standard InChI is InChI=1S/C15H15N3O4/c1-3-18-7-10(6-16-18)15(20)17-12-5-14-13(21-8-22-14)4-11(12)9(2)19/h4-7H,3,8H2,1-2H3,(H,17,20). The summed E-state index contributed by atoms with van der Waals surface area (Å²) in [4.78, 5) is 24.0. The third-order valence-corrected chi connectivity index (χ3v) is 3.36. The highest BCUT2D eigenvalue weighted by atomic mass is 16.7. The number of hydrogen-bond donors (Lipinski definition) is 1. The van der Waals surface area contributed by atoms with Gasteiger partial charge in [-0.15, -0.1) is 0 Å². The minimum absolute atomic E-state index is 0.105. The number of benzene rings is 1. The molecule has 0 atom stereocenters. The number of nitrogens with zero attached hydrogens (tertiary/aromatic N) is 2. The number of Topliss-reactive ketones (excluding diaryl/α,β-unsaturated/α-hetero) is 1. The molecule has 3 rings (SSSR count). The van der Waals surface area contributed by atoms with Gasteiger partial charge in [0.05, 0.1) is 17.4 Å². The van der Waals surface area contributed by atoms with Crippen molar-refractivity contribution < 1.29 is 19.1 Å². The molecule has 0 bridgehead atoms. The van der Waals surface area contributed by atoms with Crippen LogP contribution in [0.2, 0.25) is 0 Å². The monoisotopic (exact) mass is 301 g/mol. The van der Waals surface area contributed by atoms with Crippen molar-refractivity contribution >= 4 is 17.4 Å². The Morgan fingerprint density at radius 2 is 2.05 bits per heavy atom. The van der Waals surface area contributed by atoms with E-state index < -0.39 is 0 Å². The number of fused-ring (bicyclic) bond motifs is 1. The summed E-state index contributed by atoms with van der Waals surface area (Å²) in [5.41, 5.74) is 1.19. The molecular formula is C15H15N3O4. The highest BCUT2D eigenvalue weighted by molar-refractivity contribution is 6.09. The molecule has 1 N–H and O–H groups in total. The zero-order chi connectivity index (χ0) is 15.7. The zero-order valence-electron chi connectivity index (χ0n) is 12.3. The summed E-state index contributed by atoms with van der Waals surface area (Å²) in [5.74, 6) is 0.505. The van der Waals surface area contributed by atoms with Gasteiger partial charge >= 0.3 is 0 Å². The first-order valence-electron chi connectivity index (χ1n) is 6.87. The van der Waals surface area contributed by atoms with Crippen LogP contribution in [0.4, 0.5) is 5.69 Å². The summed E-state index contributed by atoms with van der Waals surface area (Å²) in [7, 11) is 0. The van der Waals surface area contributed by atoms with Gasteiger partial charge in [0.1, 0.15) is 0 Å². The van der Waals surface area contributed by atoms with E-state index in [0.717, 1.165) is 0 Å². The number of ether oxygens (including phenoxy) is 2. The van der Waals surface area contributed by atoms with E-state index in [9.17, 15) is 9.59 Å². The molecule has 0 radical (unpaired) electrons.